The molecule has 0 unspecified atom stereocenters. The van der Waals surface area contributed by atoms with E-state index in [0.717, 1.165) is 44.7 Å². The normalized spacial score (nSPS) is 11.9. The molecule has 0 N–H and O–H groups in total. The standard InChI is InChI=1S/C48H30N2O/c1-2-10-37-31(9-1)18-27-39-38(37)26-19-32-17-20-35(29-44(32)39)49(36-25-28-43-42-13-5-8-16-47(42)51-48(43)30-36)33-21-23-34(24-22-33)50-45-14-6-3-11-40(45)41-12-4-7-15-46(41)50/h1-30H. The maximum absolute atomic E-state index is 6.40. The Morgan fingerprint density at radius 3 is 1.61 bits per heavy atom. The Labute approximate surface area is 293 Å². The molecule has 0 saturated carbocycles. The number of rotatable bonds is 4. The Balaban J connectivity index is 1.12. The fourth-order valence-electron chi connectivity index (χ4n) is 8.20. The van der Waals surface area contributed by atoms with Crippen LogP contribution in [0.4, 0.5) is 17.1 Å². The van der Waals surface area contributed by atoms with E-state index in [0.29, 0.717) is 0 Å². The highest BCUT2D eigenvalue weighted by atomic mass is 16.3. The summed E-state index contributed by atoms with van der Waals surface area (Å²) in [6.45, 7) is 0. The third kappa shape index (κ3) is 4.25. The SMILES string of the molecule is c1ccc2c(c1)ccc1c3cc(N(c4ccc(-n5c6ccccc6c6ccccc65)cc4)c4ccc5c(c4)oc4ccccc45)ccc3ccc21. The molecule has 0 bridgehead atoms. The summed E-state index contributed by atoms with van der Waals surface area (Å²) in [6.07, 6.45) is 0. The second kappa shape index (κ2) is 10.8. The van der Waals surface area contributed by atoms with Gasteiger partial charge in [-0.15, -0.1) is 0 Å². The first kappa shape index (κ1) is 28.0. The van der Waals surface area contributed by atoms with E-state index in [-0.39, 0.29) is 0 Å². The van der Waals surface area contributed by atoms with E-state index in [1.807, 2.05) is 12.1 Å². The summed E-state index contributed by atoms with van der Waals surface area (Å²) in [5, 5.41) is 12.3. The summed E-state index contributed by atoms with van der Waals surface area (Å²) in [7, 11) is 0. The van der Waals surface area contributed by atoms with Gasteiger partial charge in [-0.1, -0.05) is 109 Å². The van der Waals surface area contributed by atoms with Gasteiger partial charge in [0.1, 0.15) is 11.2 Å². The number of para-hydroxylation sites is 3. The molecule has 0 amide bonds. The van der Waals surface area contributed by atoms with Crippen LogP contribution in [0.15, 0.2) is 186 Å². The lowest BCUT2D eigenvalue weighted by molar-refractivity contribution is 0.669. The van der Waals surface area contributed by atoms with Crippen LogP contribution in [0.1, 0.15) is 0 Å². The van der Waals surface area contributed by atoms with Crippen LogP contribution >= 0.6 is 0 Å². The van der Waals surface area contributed by atoms with Crippen molar-refractivity contribution in [3.63, 3.8) is 0 Å². The second-order valence-corrected chi connectivity index (χ2v) is 13.4. The quantitative estimate of drug-likeness (QED) is 0.177. The highest BCUT2D eigenvalue weighted by Crippen LogP contribution is 2.42. The largest absolute Gasteiger partial charge is 0.456 e. The highest BCUT2D eigenvalue weighted by molar-refractivity contribution is 6.18. The number of aromatic nitrogens is 1. The molecule has 0 fully saturated rings. The van der Waals surface area contributed by atoms with Gasteiger partial charge in [-0.25, -0.2) is 0 Å². The molecule has 0 saturated heterocycles. The molecule has 238 valence electrons. The predicted molar refractivity (Wildman–Crippen MR) is 215 cm³/mol. The zero-order valence-electron chi connectivity index (χ0n) is 27.6. The highest BCUT2D eigenvalue weighted by Gasteiger charge is 2.18. The van der Waals surface area contributed by atoms with Crippen molar-refractivity contribution in [3.8, 4) is 5.69 Å². The molecule has 0 spiro atoms. The van der Waals surface area contributed by atoms with Crippen molar-refractivity contribution in [1.29, 1.82) is 0 Å². The molecule has 2 heterocycles. The number of hydrogen-bond acceptors (Lipinski definition) is 2. The van der Waals surface area contributed by atoms with Crippen LogP contribution in [0.2, 0.25) is 0 Å². The van der Waals surface area contributed by atoms with Crippen molar-refractivity contribution in [2.24, 2.45) is 0 Å². The molecule has 11 rings (SSSR count). The van der Waals surface area contributed by atoms with Crippen LogP contribution in [0.3, 0.4) is 0 Å². The van der Waals surface area contributed by atoms with Gasteiger partial charge in [0.15, 0.2) is 0 Å². The Morgan fingerprint density at radius 1 is 0.333 bits per heavy atom. The molecule has 3 nitrogen and oxygen atoms in total. The van der Waals surface area contributed by atoms with Crippen molar-refractivity contribution in [2.75, 3.05) is 4.90 Å². The predicted octanol–water partition coefficient (Wildman–Crippen LogP) is 13.6. The molecular weight excluding hydrogens is 621 g/mol. The van der Waals surface area contributed by atoms with E-state index in [2.05, 4.69) is 179 Å². The van der Waals surface area contributed by atoms with E-state index >= 15 is 0 Å². The van der Waals surface area contributed by atoms with Gasteiger partial charge in [-0.2, -0.15) is 0 Å². The molecule has 11 aromatic rings. The molecule has 0 aliphatic carbocycles. The summed E-state index contributed by atoms with van der Waals surface area (Å²) in [5.74, 6) is 0. The van der Waals surface area contributed by atoms with Crippen molar-refractivity contribution in [1.82, 2.24) is 4.57 Å². The van der Waals surface area contributed by atoms with Crippen LogP contribution < -0.4 is 4.90 Å². The smallest absolute Gasteiger partial charge is 0.137 e. The monoisotopic (exact) mass is 650 g/mol. The number of fused-ring (bicyclic) bond motifs is 11. The van der Waals surface area contributed by atoms with Crippen LogP contribution in [-0.2, 0) is 0 Å². The Kier molecular flexibility index (Phi) is 5.96. The molecule has 9 aromatic carbocycles. The van der Waals surface area contributed by atoms with Gasteiger partial charge in [0.2, 0.25) is 0 Å². The third-order valence-electron chi connectivity index (χ3n) is 10.6. The lowest BCUT2D eigenvalue weighted by Gasteiger charge is -2.26. The summed E-state index contributed by atoms with van der Waals surface area (Å²) in [6, 6.07) is 65.6. The lowest BCUT2D eigenvalue weighted by atomic mass is 9.96. The minimum atomic E-state index is 0.873. The van der Waals surface area contributed by atoms with Crippen molar-refractivity contribution >= 4 is 93.1 Å². The molecular formula is C48H30N2O. The number of benzene rings is 9. The van der Waals surface area contributed by atoms with Gasteiger partial charge < -0.3 is 13.9 Å². The van der Waals surface area contributed by atoms with E-state index < -0.39 is 0 Å². The van der Waals surface area contributed by atoms with E-state index in [1.165, 1.54) is 54.1 Å². The fraction of sp³-hybridized carbons (Fsp3) is 0. The minimum Gasteiger partial charge on any atom is -0.456 e. The zero-order chi connectivity index (χ0) is 33.5. The first-order valence-corrected chi connectivity index (χ1v) is 17.4. The summed E-state index contributed by atoms with van der Waals surface area (Å²) >= 11 is 0. The van der Waals surface area contributed by atoms with Gasteiger partial charge in [0.25, 0.3) is 0 Å². The maximum Gasteiger partial charge on any atom is 0.137 e. The van der Waals surface area contributed by atoms with Gasteiger partial charge in [0.05, 0.1) is 11.0 Å². The van der Waals surface area contributed by atoms with Crippen LogP contribution in [-0.4, -0.2) is 4.57 Å². The second-order valence-electron chi connectivity index (χ2n) is 13.4. The minimum absolute atomic E-state index is 0.873. The molecule has 0 aliphatic heterocycles. The zero-order valence-corrected chi connectivity index (χ0v) is 27.6. The van der Waals surface area contributed by atoms with Crippen LogP contribution in [0.5, 0.6) is 0 Å². The van der Waals surface area contributed by atoms with Gasteiger partial charge in [-0.3, -0.25) is 0 Å². The average Bonchev–Trinajstić information content (AvgIpc) is 3.73. The van der Waals surface area contributed by atoms with Crippen LogP contribution in [0, 0.1) is 0 Å². The fourth-order valence-corrected chi connectivity index (χ4v) is 8.20. The number of hydrogen-bond donors (Lipinski definition) is 0. The molecule has 2 aromatic heterocycles. The van der Waals surface area contributed by atoms with E-state index in [4.69, 9.17) is 4.42 Å². The average molecular weight is 651 g/mol. The van der Waals surface area contributed by atoms with Crippen LogP contribution in [0.25, 0.3) is 81.7 Å². The topological polar surface area (TPSA) is 21.3 Å². The lowest BCUT2D eigenvalue weighted by Crippen LogP contribution is -2.10. The molecule has 0 aliphatic rings. The van der Waals surface area contributed by atoms with Gasteiger partial charge >= 0.3 is 0 Å². The Hall–Kier alpha value is -6.84. The van der Waals surface area contributed by atoms with E-state index in [1.54, 1.807) is 0 Å². The number of nitrogens with zero attached hydrogens (tertiary/aromatic N) is 2. The molecule has 0 atom stereocenters. The Morgan fingerprint density at radius 2 is 0.843 bits per heavy atom. The van der Waals surface area contributed by atoms with Gasteiger partial charge in [-0.05, 0) is 99.0 Å². The number of anilines is 3. The van der Waals surface area contributed by atoms with Crippen molar-refractivity contribution in [2.45, 2.75) is 0 Å². The van der Waals surface area contributed by atoms with Gasteiger partial charge in [0, 0.05) is 50.4 Å². The third-order valence-corrected chi connectivity index (χ3v) is 10.6. The van der Waals surface area contributed by atoms with Crippen molar-refractivity contribution in [3.05, 3.63) is 182 Å². The maximum atomic E-state index is 6.40. The first-order chi connectivity index (χ1) is 25.3. The summed E-state index contributed by atoms with van der Waals surface area (Å²) < 4.78 is 8.77. The first-order valence-electron chi connectivity index (χ1n) is 17.4. The Bertz CT molecular complexity index is 3090. The molecule has 51 heavy (non-hydrogen) atoms. The molecule has 3 heteroatoms. The summed E-state index contributed by atoms with van der Waals surface area (Å²) in [4.78, 5) is 2.35. The van der Waals surface area contributed by atoms with Crippen molar-refractivity contribution < 1.29 is 4.42 Å². The van der Waals surface area contributed by atoms with E-state index in [9.17, 15) is 0 Å². The molecule has 0 radical (unpaired) electrons. The number of furan rings is 1. The summed E-state index contributed by atoms with van der Waals surface area (Å²) in [5.41, 5.74) is 8.49.